The predicted octanol–water partition coefficient (Wildman–Crippen LogP) is 2.10. The molecule has 1 N–H and O–H groups in total. The molecule has 0 amide bonds. The molecule has 1 aromatic heterocycles. The van der Waals surface area contributed by atoms with E-state index < -0.39 is 18.6 Å². The molecule has 8 heteroatoms. The largest absolute Gasteiger partial charge is 0.480 e. The molecule has 2 rings (SSSR count). The Labute approximate surface area is 120 Å². The van der Waals surface area contributed by atoms with Gasteiger partial charge in [0, 0.05) is 25.2 Å². The minimum atomic E-state index is -4.13. The van der Waals surface area contributed by atoms with Crippen LogP contribution in [0.25, 0.3) is 0 Å². The van der Waals surface area contributed by atoms with Gasteiger partial charge >= 0.3 is 12.1 Å². The van der Waals surface area contributed by atoms with Crippen LogP contribution in [0.1, 0.15) is 30.9 Å². The molecule has 1 aromatic rings. The Morgan fingerprint density at radius 1 is 1.48 bits per heavy atom. The zero-order chi connectivity index (χ0) is 15.5. The van der Waals surface area contributed by atoms with Crippen molar-refractivity contribution >= 4 is 5.97 Å². The summed E-state index contributed by atoms with van der Waals surface area (Å²) in [6.45, 7) is 1.02. The number of carboxylic acid groups (broad SMARTS) is 1. The first-order valence-corrected chi connectivity index (χ1v) is 6.88. The molecular formula is C13H18F3N3O2. The van der Waals surface area contributed by atoms with E-state index in [0.717, 1.165) is 18.5 Å². The second kappa shape index (κ2) is 6.46. The quantitative estimate of drug-likeness (QED) is 0.905. The highest BCUT2D eigenvalue weighted by atomic mass is 19.4. The first kappa shape index (κ1) is 15.8. The van der Waals surface area contributed by atoms with Crippen molar-refractivity contribution in [3.05, 3.63) is 18.0 Å². The predicted molar refractivity (Wildman–Crippen MR) is 68.9 cm³/mol. The fraction of sp³-hybridized carbons (Fsp3) is 0.692. The number of hydrogen-bond acceptors (Lipinski definition) is 3. The molecule has 0 aliphatic carbocycles. The Bertz CT molecular complexity index is 487. The third-order valence-electron chi connectivity index (χ3n) is 3.59. The van der Waals surface area contributed by atoms with Crippen LogP contribution < -0.4 is 0 Å². The minimum Gasteiger partial charge on any atom is -0.480 e. The van der Waals surface area contributed by atoms with Crippen molar-refractivity contribution in [2.75, 3.05) is 19.6 Å². The molecule has 1 saturated heterocycles. The first-order chi connectivity index (χ1) is 9.83. The lowest BCUT2D eigenvalue weighted by Crippen LogP contribution is -2.36. The first-order valence-electron chi connectivity index (χ1n) is 6.88. The minimum absolute atomic E-state index is 0.00976. The molecule has 0 radical (unpaired) electrons. The number of carbonyl (C=O) groups is 1. The molecule has 5 nitrogen and oxygen atoms in total. The van der Waals surface area contributed by atoms with Crippen molar-refractivity contribution in [1.82, 2.24) is 14.7 Å². The summed E-state index contributed by atoms with van der Waals surface area (Å²) in [5, 5.41) is 12.9. The molecule has 0 bridgehead atoms. The average molecular weight is 305 g/mol. The highest BCUT2D eigenvalue weighted by molar-refractivity contribution is 5.66. The lowest BCUT2D eigenvalue weighted by atomic mass is 9.95. The summed E-state index contributed by atoms with van der Waals surface area (Å²) in [5.41, 5.74) is 0.757. The molecule has 0 aromatic carbocycles. The van der Waals surface area contributed by atoms with Crippen LogP contribution >= 0.6 is 0 Å². The van der Waals surface area contributed by atoms with Crippen LogP contribution in [0.15, 0.2) is 12.3 Å². The second-order valence-corrected chi connectivity index (χ2v) is 5.34. The van der Waals surface area contributed by atoms with Gasteiger partial charge in [-0.05, 0) is 25.5 Å². The Hall–Kier alpha value is -1.57. The molecule has 1 fully saturated rings. The Morgan fingerprint density at radius 3 is 2.90 bits per heavy atom. The van der Waals surface area contributed by atoms with Gasteiger partial charge in [-0.1, -0.05) is 0 Å². The average Bonchev–Trinajstić information content (AvgIpc) is 2.83. The lowest BCUT2D eigenvalue weighted by Gasteiger charge is -2.32. The number of carboxylic acids is 1. The Morgan fingerprint density at radius 2 is 2.24 bits per heavy atom. The molecule has 1 aliphatic rings. The van der Waals surface area contributed by atoms with Crippen LogP contribution in [0.3, 0.4) is 0 Å². The van der Waals surface area contributed by atoms with E-state index in [4.69, 9.17) is 5.11 Å². The number of rotatable bonds is 5. The molecule has 1 atom stereocenters. The number of halogens is 3. The van der Waals surface area contributed by atoms with Gasteiger partial charge < -0.3 is 10.0 Å². The number of piperidine rings is 1. The van der Waals surface area contributed by atoms with Crippen LogP contribution in [0, 0.1) is 0 Å². The van der Waals surface area contributed by atoms with Crippen molar-refractivity contribution in [3.63, 3.8) is 0 Å². The van der Waals surface area contributed by atoms with Crippen molar-refractivity contribution in [1.29, 1.82) is 0 Å². The van der Waals surface area contributed by atoms with E-state index >= 15 is 0 Å². The van der Waals surface area contributed by atoms with Crippen LogP contribution in [-0.4, -0.2) is 51.6 Å². The third kappa shape index (κ3) is 5.04. The van der Waals surface area contributed by atoms with E-state index in [1.807, 2.05) is 0 Å². The molecule has 21 heavy (non-hydrogen) atoms. The molecule has 0 saturated carbocycles. The summed E-state index contributed by atoms with van der Waals surface area (Å²) in [6.07, 6.45) is -1.64. The Balaban J connectivity index is 1.91. The molecule has 118 valence electrons. The monoisotopic (exact) mass is 305 g/mol. The third-order valence-corrected chi connectivity index (χ3v) is 3.59. The maximum Gasteiger partial charge on any atom is 0.390 e. The standard InChI is InChI=1S/C13H18F3N3O2/c14-13(15,16)4-7-18-5-1-2-10(8-18)11-3-6-19(17-11)9-12(20)21/h3,6,10H,1-2,4-5,7-9H2,(H,20,21)/t10-/m1/s1. The number of aliphatic carboxylic acids is 1. The van der Waals surface area contributed by atoms with E-state index in [2.05, 4.69) is 5.10 Å². The Kier molecular flexibility index (Phi) is 4.87. The fourth-order valence-corrected chi connectivity index (χ4v) is 2.61. The van der Waals surface area contributed by atoms with E-state index in [9.17, 15) is 18.0 Å². The smallest absolute Gasteiger partial charge is 0.390 e. The SMILES string of the molecule is O=C(O)Cn1ccc([C@@H]2CCCN(CCC(F)(F)F)C2)n1. The summed E-state index contributed by atoms with van der Waals surface area (Å²) in [6, 6.07) is 1.75. The second-order valence-electron chi connectivity index (χ2n) is 5.34. The van der Waals surface area contributed by atoms with E-state index in [-0.39, 0.29) is 19.0 Å². The van der Waals surface area contributed by atoms with Gasteiger partial charge in [-0.15, -0.1) is 0 Å². The zero-order valence-electron chi connectivity index (χ0n) is 11.5. The summed E-state index contributed by atoms with van der Waals surface area (Å²) in [4.78, 5) is 12.4. The topological polar surface area (TPSA) is 58.4 Å². The number of hydrogen-bond donors (Lipinski definition) is 1. The highest BCUT2D eigenvalue weighted by Crippen LogP contribution is 2.27. The van der Waals surface area contributed by atoms with E-state index in [1.165, 1.54) is 4.68 Å². The lowest BCUT2D eigenvalue weighted by molar-refractivity contribution is -0.139. The summed E-state index contributed by atoms with van der Waals surface area (Å²) in [5.74, 6) is -0.901. The normalized spacial score (nSPS) is 20.6. The van der Waals surface area contributed by atoms with E-state index in [1.54, 1.807) is 17.2 Å². The summed E-state index contributed by atoms with van der Waals surface area (Å²) in [7, 11) is 0. The van der Waals surface area contributed by atoms with E-state index in [0.29, 0.717) is 13.1 Å². The number of aromatic nitrogens is 2. The number of nitrogens with zero attached hydrogens (tertiary/aromatic N) is 3. The molecule has 1 aliphatic heterocycles. The van der Waals surface area contributed by atoms with Gasteiger partial charge in [0.25, 0.3) is 0 Å². The van der Waals surface area contributed by atoms with Crippen molar-refractivity contribution in [2.24, 2.45) is 0 Å². The van der Waals surface area contributed by atoms with Crippen LogP contribution in [0.2, 0.25) is 0 Å². The van der Waals surface area contributed by atoms with Gasteiger partial charge in [0.2, 0.25) is 0 Å². The van der Waals surface area contributed by atoms with Crippen molar-refractivity contribution < 1.29 is 23.1 Å². The van der Waals surface area contributed by atoms with Gasteiger partial charge in [0.15, 0.2) is 0 Å². The zero-order valence-corrected chi connectivity index (χ0v) is 11.5. The number of alkyl halides is 3. The van der Waals surface area contributed by atoms with Gasteiger partial charge in [0.1, 0.15) is 6.54 Å². The maximum absolute atomic E-state index is 12.3. The maximum atomic E-state index is 12.3. The molecule has 0 unspecified atom stereocenters. The van der Waals surface area contributed by atoms with Crippen LogP contribution in [0.4, 0.5) is 13.2 Å². The molecule has 2 heterocycles. The van der Waals surface area contributed by atoms with Gasteiger partial charge in [-0.2, -0.15) is 18.3 Å². The van der Waals surface area contributed by atoms with Crippen LogP contribution in [-0.2, 0) is 11.3 Å². The number of likely N-dealkylation sites (tertiary alicyclic amines) is 1. The fourth-order valence-electron chi connectivity index (χ4n) is 2.61. The van der Waals surface area contributed by atoms with Crippen molar-refractivity contribution in [3.8, 4) is 0 Å². The summed E-state index contributed by atoms with van der Waals surface area (Å²) < 4.78 is 38.1. The summed E-state index contributed by atoms with van der Waals surface area (Å²) >= 11 is 0. The van der Waals surface area contributed by atoms with Gasteiger partial charge in [0.05, 0.1) is 12.1 Å². The van der Waals surface area contributed by atoms with Gasteiger partial charge in [-0.25, -0.2) is 0 Å². The van der Waals surface area contributed by atoms with Gasteiger partial charge in [-0.3, -0.25) is 9.48 Å². The van der Waals surface area contributed by atoms with Crippen molar-refractivity contribution in [2.45, 2.75) is 37.9 Å². The highest BCUT2D eigenvalue weighted by Gasteiger charge is 2.30. The molecule has 0 spiro atoms. The van der Waals surface area contributed by atoms with Crippen LogP contribution in [0.5, 0.6) is 0 Å². The molecular weight excluding hydrogens is 287 g/mol.